The number of nitrogens with two attached hydrogens (primary N) is 1. The SMILES string of the molecule is C[C@H](NC(=O)c1ccc(Cl)cc1OCCCN)C(F)(F)F. The van der Waals surface area contributed by atoms with E-state index >= 15 is 0 Å². The summed E-state index contributed by atoms with van der Waals surface area (Å²) in [5, 5.41) is 2.19. The molecule has 1 aromatic carbocycles. The van der Waals surface area contributed by atoms with E-state index in [0.29, 0.717) is 18.0 Å². The quantitative estimate of drug-likeness (QED) is 0.791. The first-order valence-electron chi connectivity index (χ1n) is 6.25. The number of amides is 1. The van der Waals surface area contributed by atoms with Crippen LogP contribution in [-0.2, 0) is 0 Å². The number of benzene rings is 1. The molecule has 1 amide bonds. The topological polar surface area (TPSA) is 64.3 Å². The van der Waals surface area contributed by atoms with Crippen molar-refractivity contribution in [1.29, 1.82) is 0 Å². The van der Waals surface area contributed by atoms with Gasteiger partial charge in [0.1, 0.15) is 11.8 Å². The van der Waals surface area contributed by atoms with Crippen molar-refractivity contribution in [3.63, 3.8) is 0 Å². The van der Waals surface area contributed by atoms with Crippen LogP contribution in [0.1, 0.15) is 23.7 Å². The minimum atomic E-state index is -4.51. The molecule has 8 heteroatoms. The Morgan fingerprint density at radius 2 is 2.14 bits per heavy atom. The van der Waals surface area contributed by atoms with Crippen LogP contribution in [0.3, 0.4) is 0 Å². The number of nitrogens with one attached hydrogen (secondary N) is 1. The first-order valence-corrected chi connectivity index (χ1v) is 6.63. The Morgan fingerprint density at radius 1 is 1.48 bits per heavy atom. The molecule has 21 heavy (non-hydrogen) atoms. The van der Waals surface area contributed by atoms with Crippen molar-refractivity contribution in [3.8, 4) is 5.75 Å². The predicted molar refractivity (Wildman–Crippen MR) is 73.6 cm³/mol. The highest BCUT2D eigenvalue weighted by molar-refractivity contribution is 6.30. The second-order valence-electron chi connectivity index (χ2n) is 4.37. The first-order chi connectivity index (χ1) is 9.75. The van der Waals surface area contributed by atoms with Crippen molar-refractivity contribution in [2.75, 3.05) is 13.2 Å². The average Bonchev–Trinajstić information content (AvgIpc) is 2.37. The Bertz CT molecular complexity index is 495. The molecule has 3 N–H and O–H groups in total. The van der Waals surface area contributed by atoms with E-state index in [2.05, 4.69) is 0 Å². The third kappa shape index (κ3) is 5.43. The van der Waals surface area contributed by atoms with Gasteiger partial charge in [-0.2, -0.15) is 13.2 Å². The summed E-state index contributed by atoms with van der Waals surface area (Å²) in [6.45, 7) is 1.50. The summed E-state index contributed by atoms with van der Waals surface area (Å²) < 4.78 is 42.7. The third-order valence-electron chi connectivity index (χ3n) is 2.63. The minimum absolute atomic E-state index is 0.00692. The van der Waals surface area contributed by atoms with Crippen molar-refractivity contribution < 1.29 is 22.7 Å². The monoisotopic (exact) mass is 324 g/mol. The van der Waals surface area contributed by atoms with E-state index < -0.39 is 18.1 Å². The van der Waals surface area contributed by atoms with Crippen LogP contribution >= 0.6 is 11.6 Å². The molecule has 0 aliphatic heterocycles. The molecule has 0 unspecified atom stereocenters. The van der Waals surface area contributed by atoms with Crippen LogP contribution < -0.4 is 15.8 Å². The van der Waals surface area contributed by atoms with Crippen molar-refractivity contribution in [2.24, 2.45) is 5.73 Å². The van der Waals surface area contributed by atoms with Crippen LogP contribution in [0.5, 0.6) is 5.75 Å². The van der Waals surface area contributed by atoms with E-state index in [9.17, 15) is 18.0 Å². The van der Waals surface area contributed by atoms with Crippen LogP contribution in [0.4, 0.5) is 13.2 Å². The Morgan fingerprint density at radius 3 is 2.71 bits per heavy atom. The fraction of sp³-hybridized carbons (Fsp3) is 0.462. The Hall–Kier alpha value is -1.47. The number of carbonyl (C=O) groups excluding carboxylic acids is 1. The largest absolute Gasteiger partial charge is 0.493 e. The minimum Gasteiger partial charge on any atom is -0.493 e. The van der Waals surface area contributed by atoms with E-state index in [4.69, 9.17) is 22.1 Å². The van der Waals surface area contributed by atoms with Crippen LogP contribution in [0.15, 0.2) is 18.2 Å². The van der Waals surface area contributed by atoms with E-state index in [0.717, 1.165) is 6.92 Å². The Balaban J connectivity index is 2.87. The summed E-state index contributed by atoms with van der Waals surface area (Å²) >= 11 is 5.80. The normalized spacial score (nSPS) is 12.9. The molecule has 1 aromatic rings. The van der Waals surface area contributed by atoms with E-state index in [1.165, 1.54) is 18.2 Å². The van der Waals surface area contributed by atoms with Crippen LogP contribution in [0.25, 0.3) is 0 Å². The number of alkyl halides is 3. The van der Waals surface area contributed by atoms with Gasteiger partial charge in [-0.15, -0.1) is 0 Å². The van der Waals surface area contributed by atoms with Gasteiger partial charge in [0.15, 0.2) is 0 Å². The van der Waals surface area contributed by atoms with E-state index in [1.807, 2.05) is 5.32 Å². The molecule has 0 saturated heterocycles. The second-order valence-corrected chi connectivity index (χ2v) is 4.80. The lowest BCUT2D eigenvalue weighted by Gasteiger charge is -2.18. The summed E-state index contributed by atoms with van der Waals surface area (Å²) in [5.41, 5.74) is 5.32. The molecule has 118 valence electrons. The zero-order chi connectivity index (χ0) is 16.0. The lowest BCUT2D eigenvalue weighted by atomic mass is 10.1. The summed E-state index contributed by atoms with van der Waals surface area (Å²) in [6.07, 6.45) is -3.96. The molecule has 0 aliphatic carbocycles. The molecule has 0 fully saturated rings. The highest BCUT2D eigenvalue weighted by Gasteiger charge is 2.37. The van der Waals surface area contributed by atoms with Crippen LogP contribution in [0.2, 0.25) is 5.02 Å². The lowest BCUT2D eigenvalue weighted by Crippen LogP contribution is -2.43. The van der Waals surface area contributed by atoms with Gasteiger partial charge in [0.25, 0.3) is 5.91 Å². The van der Waals surface area contributed by atoms with E-state index in [-0.39, 0.29) is 17.9 Å². The molecule has 1 atom stereocenters. The van der Waals surface area contributed by atoms with Crippen molar-refractivity contribution >= 4 is 17.5 Å². The van der Waals surface area contributed by atoms with Crippen molar-refractivity contribution in [2.45, 2.75) is 25.6 Å². The summed E-state index contributed by atoms with van der Waals surface area (Å²) in [5.74, 6) is -0.748. The Kier molecular flexibility index (Phi) is 6.29. The van der Waals surface area contributed by atoms with Gasteiger partial charge in [-0.3, -0.25) is 4.79 Å². The second kappa shape index (κ2) is 7.51. The number of hydrogen-bond donors (Lipinski definition) is 2. The Labute approximate surface area is 125 Å². The molecule has 4 nitrogen and oxygen atoms in total. The van der Waals surface area contributed by atoms with Gasteiger partial charge >= 0.3 is 6.18 Å². The molecule has 0 spiro atoms. The van der Waals surface area contributed by atoms with Gasteiger partial charge in [0.05, 0.1) is 12.2 Å². The molecular weight excluding hydrogens is 309 g/mol. The van der Waals surface area contributed by atoms with Crippen LogP contribution in [0, 0.1) is 0 Å². The maximum Gasteiger partial charge on any atom is 0.408 e. The molecule has 0 radical (unpaired) electrons. The van der Waals surface area contributed by atoms with Gasteiger partial charge in [0, 0.05) is 5.02 Å². The maximum atomic E-state index is 12.5. The first kappa shape index (κ1) is 17.6. The molecule has 0 aromatic heterocycles. The fourth-order valence-corrected chi connectivity index (χ4v) is 1.59. The average molecular weight is 325 g/mol. The van der Waals surface area contributed by atoms with Gasteiger partial charge < -0.3 is 15.8 Å². The van der Waals surface area contributed by atoms with Gasteiger partial charge in [0.2, 0.25) is 0 Å². The fourth-order valence-electron chi connectivity index (χ4n) is 1.42. The molecule has 0 saturated carbocycles. The van der Waals surface area contributed by atoms with Crippen LogP contribution in [-0.4, -0.2) is 31.3 Å². The molecule has 1 rings (SSSR count). The van der Waals surface area contributed by atoms with Gasteiger partial charge in [-0.05, 0) is 38.1 Å². The standard InChI is InChI=1S/C13H16ClF3N2O2/c1-8(13(15,16)17)19-12(20)10-4-3-9(14)7-11(10)21-6-2-5-18/h3-4,7-8H,2,5-6,18H2,1H3,(H,19,20)/t8-/m0/s1. The predicted octanol–water partition coefficient (Wildman–Crippen LogP) is 2.75. The van der Waals surface area contributed by atoms with Crippen molar-refractivity contribution in [1.82, 2.24) is 5.32 Å². The van der Waals surface area contributed by atoms with Gasteiger partial charge in [-0.1, -0.05) is 11.6 Å². The molecule has 0 bridgehead atoms. The summed E-state index contributed by atoms with van der Waals surface area (Å²) in [7, 11) is 0. The third-order valence-corrected chi connectivity index (χ3v) is 2.87. The number of halogens is 4. The number of hydrogen-bond acceptors (Lipinski definition) is 3. The highest BCUT2D eigenvalue weighted by Crippen LogP contribution is 2.25. The van der Waals surface area contributed by atoms with E-state index in [1.54, 1.807) is 0 Å². The summed E-state index contributed by atoms with van der Waals surface area (Å²) in [6, 6.07) is 2.14. The number of rotatable bonds is 6. The zero-order valence-electron chi connectivity index (χ0n) is 11.3. The lowest BCUT2D eigenvalue weighted by molar-refractivity contribution is -0.149. The smallest absolute Gasteiger partial charge is 0.408 e. The zero-order valence-corrected chi connectivity index (χ0v) is 12.1. The highest BCUT2D eigenvalue weighted by atomic mass is 35.5. The van der Waals surface area contributed by atoms with Crippen molar-refractivity contribution in [3.05, 3.63) is 28.8 Å². The maximum absolute atomic E-state index is 12.5. The van der Waals surface area contributed by atoms with Gasteiger partial charge in [-0.25, -0.2) is 0 Å². The molecule has 0 heterocycles. The number of ether oxygens (including phenoxy) is 1. The molecular formula is C13H16ClF3N2O2. The summed E-state index contributed by atoms with van der Waals surface area (Å²) in [4.78, 5) is 11.9. The molecule has 0 aliphatic rings. The number of carbonyl (C=O) groups is 1.